The molecule has 0 radical (unpaired) electrons. The average Bonchev–Trinajstić information content (AvgIpc) is 2.09. The van der Waals surface area contributed by atoms with E-state index >= 15 is 0 Å². The number of aliphatic hydroxyl groups excluding tert-OH is 2. The lowest BCUT2D eigenvalue weighted by Crippen LogP contribution is -2.38. The summed E-state index contributed by atoms with van der Waals surface area (Å²) in [5.74, 6) is 0. The summed E-state index contributed by atoms with van der Waals surface area (Å²) >= 11 is 0. The molecular formula is C8H14O4. The second-order valence-electron chi connectivity index (χ2n) is 2.56. The van der Waals surface area contributed by atoms with Gasteiger partial charge in [-0.3, -0.25) is 0 Å². The first-order valence-corrected chi connectivity index (χ1v) is 4.02. The van der Waals surface area contributed by atoms with Crippen molar-refractivity contribution in [1.29, 1.82) is 0 Å². The molecule has 4 heteroatoms. The fraction of sp³-hybridized carbons (Fsp3) is 0.750. The van der Waals surface area contributed by atoms with E-state index in [2.05, 4.69) is 0 Å². The topological polar surface area (TPSA) is 58.9 Å². The zero-order valence-electron chi connectivity index (χ0n) is 7.01. The lowest BCUT2D eigenvalue weighted by Gasteiger charge is -2.27. The first-order valence-electron chi connectivity index (χ1n) is 4.02. The van der Waals surface area contributed by atoms with Crippen LogP contribution in [0.2, 0.25) is 0 Å². The van der Waals surface area contributed by atoms with Crippen LogP contribution in [0.5, 0.6) is 0 Å². The minimum absolute atomic E-state index is 0.199. The Morgan fingerprint density at radius 1 is 1.50 bits per heavy atom. The summed E-state index contributed by atoms with van der Waals surface area (Å²) in [5.41, 5.74) is 0. The number of ether oxygens (including phenoxy) is 2. The molecule has 0 aromatic heterocycles. The first kappa shape index (κ1) is 9.67. The predicted molar refractivity (Wildman–Crippen MR) is 42.5 cm³/mol. The van der Waals surface area contributed by atoms with Gasteiger partial charge in [0.05, 0.1) is 6.61 Å². The molecule has 0 aliphatic carbocycles. The molecule has 0 spiro atoms. The molecule has 1 heterocycles. The highest BCUT2D eigenvalue weighted by molar-refractivity contribution is 4.99. The van der Waals surface area contributed by atoms with E-state index in [-0.39, 0.29) is 6.61 Å². The summed E-state index contributed by atoms with van der Waals surface area (Å²) in [6.07, 6.45) is 1.49. The smallest absolute Gasteiger partial charge is 0.177 e. The Balaban J connectivity index is 2.46. The lowest BCUT2D eigenvalue weighted by molar-refractivity contribution is -0.177. The van der Waals surface area contributed by atoms with Gasteiger partial charge in [-0.05, 0) is 13.0 Å². The molecule has 1 aliphatic rings. The number of hydrogen-bond donors (Lipinski definition) is 2. The minimum atomic E-state index is -0.730. The van der Waals surface area contributed by atoms with E-state index in [1.165, 1.54) is 0 Å². The van der Waals surface area contributed by atoms with Gasteiger partial charge in [0, 0.05) is 6.61 Å². The van der Waals surface area contributed by atoms with Crippen molar-refractivity contribution in [1.82, 2.24) is 0 Å². The Bertz CT molecular complexity index is 157. The standard InChI is InChI=1S/C8H14O4/c1-2-11-8-4-3-6(10)7(5-9)12-8/h3-4,6-10H,2,5H2,1H3. The zero-order valence-corrected chi connectivity index (χ0v) is 7.01. The van der Waals surface area contributed by atoms with Gasteiger partial charge in [-0.15, -0.1) is 0 Å². The van der Waals surface area contributed by atoms with Crippen LogP contribution in [0.3, 0.4) is 0 Å². The third kappa shape index (κ3) is 2.28. The Labute approximate surface area is 71.4 Å². The van der Waals surface area contributed by atoms with Crippen molar-refractivity contribution in [3.63, 3.8) is 0 Å². The molecule has 0 saturated heterocycles. The number of aliphatic hydroxyl groups is 2. The fourth-order valence-electron chi connectivity index (χ4n) is 1.04. The second kappa shape index (κ2) is 4.57. The van der Waals surface area contributed by atoms with Crippen LogP contribution in [-0.2, 0) is 9.47 Å². The molecule has 0 amide bonds. The minimum Gasteiger partial charge on any atom is -0.394 e. The summed E-state index contributed by atoms with van der Waals surface area (Å²) in [6, 6.07) is 0. The molecule has 0 saturated carbocycles. The molecule has 1 rings (SSSR count). The molecule has 70 valence electrons. The van der Waals surface area contributed by atoms with Crippen molar-refractivity contribution in [3.05, 3.63) is 12.2 Å². The summed E-state index contributed by atoms with van der Waals surface area (Å²) in [4.78, 5) is 0. The molecule has 3 unspecified atom stereocenters. The van der Waals surface area contributed by atoms with Crippen LogP contribution in [0, 0.1) is 0 Å². The molecule has 0 aromatic carbocycles. The van der Waals surface area contributed by atoms with Crippen LogP contribution in [0.4, 0.5) is 0 Å². The first-order chi connectivity index (χ1) is 5.77. The zero-order chi connectivity index (χ0) is 8.97. The molecular weight excluding hydrogens is 160 g/mol. The molecule has 12 heavy (non-hydrogen) atoms. The van der Waals surface area contributed by atoms with Gasteiger partial charge in [0.1, 0.15) is 12.2 Å². The maximum absolute atomic E-state index is 9.23. The van der Waals surface area contributed by atoms with Crippen molar-refractivity contribution in [3.8, 4) is 0 Å². The van der Waals surface area contributed by atoms with Gasteiger partial charge < -0.3 is 19.7 Å². The summed E-state index contributed by atoms with van der Waals surface area (Å²) in [7, 11) is 0. The maximum atomic E-state index is 9.23. The van der Waals surface area contributed by atoms with E-state index in [9.17, 15) is 5.11 Å². The van der Waals surface area contributed by atoms with Gasteiger partial charge >= 0.3 is 0 Å². The SMILES string of the molecule is CCOC1C=CC(O)C(CO)O1. The second-order valence-corrected chi connectivity index (χ2v) is 2.56. The molecule has 0 aromatic rings. The molecule has 3 atom stereocenters. The van der Waals surface area contributed by atoms with Gasteiger partial charge in [-0.1, -0.05) is 6.08 Å². The highest BCUT2D eigenvalue weighted by Crippen LogP contribution is 2.13. The van der Waals surface area contributed by atoms with E-state index in [1.54, 1.807) is 12.2 Å². The average molecular weight is 174 g/mol. The van der Waals surface area contributed by atoms with Gasteiger partial charge in [0.2, 0.25) is 0 Å². The van der Waals surface area contributed by atoms with Crippen molar-refractivity contribution < 1.29 is 19.7 Å². The Morgan fingerprint density at radius 3 is 2.83 bits per heavy atom. The van der Waals surface area contributed by atoms with E-state index < -0.39 is 18.5 Å². The van der Waals surface area contributed by atoms with Gasteiger partial charge in [0.15, 0.2) is 6.29 Å². The molecule has 0 fully saturated rings. The summed E-state index contributed by atoms with van der Waals surface area (Å²) in [5, 5.41) is 18.0. The van der Waals surface area contributed by atoms with Crippen LogP contribution in [0.1, 0.15) is 6.92 Å². The molecule has 1 aliphatic heterocycles. The van der Waals surface area contributed by atoms with E-state index in [1.807, 2.05) is 6.92 Å². The lowest BCUT2D eigenvalue weighted by atomic mass is 10.1. The Morgan fingerprint density at radius 2 is 2.25 bits per heavy atom. The molecule has 2 N–H and O–H groups in total. The Hall–Kier alpha value is -0.420. The monoisotopic (exact) mass is 174 g/mol. The molecule has 4 nitrogen and oxygen atoms in total. The highest BCUT2D eigenvalue weighted by Gasteiger charge is 2.24. The molecule has 0 bridgehead atoms. The number of hydrogen-bond acceptors (Lipinski definition) is 4. The normalized spacial score (nSPS) is 35.4. The number of rotatable bonds is 3. The summed E-state index contributed by atoms with van der Waals surface area (Å²) in [6.45, 7) is 2.20. The third-order valence-electron chi connectivity index (χ3n) is 1.67. The van der Waals surface area contributed by atoms with Crippen LogP contribution in [0.25, 0.3) is 0 Å². The highest BCUT2D eigenvalue weighted by atomic mass is 16.7. The van der Waals surface area contributed by atoms with Crippen LogP contribution in [0.15, 0.2) is 12.2 Å². The van der Waals surface area contributed by atoms with E-state index in [0.717, 1.165) is 0 Å². The van der Waals surface area contributed by atoms with Crippen molar-refractivity contribution >= 4 is 0 Å². The largest absolute Gasteiger partial charge is 0.394 e. The van der Waals surface area contributed by atoms with Gasteiger partial charge in [-0.2, -0.15) is 0 Å². The quantitative estimate of drug-likeness (QED) is 0.574. The Kier molecular flexibility index (Phi) is 3.68. The van der Waals surface area contributed by atoms with Crippen molar-refractivity contribution in [2.24, 2.45) is 0 Å². The van der Waals surface area contributed by atoms with Crippen LogP contribution in [-0.4, -0.2) is 41.9 Å². The maximum Gasteiger partial charge on any atom is 0.177 e. The fourth-order valence-corrected chi connectivity index (χ4v) is 1.04. The van der Waals surface area contributed by atoms with Gasteiger partial charge in [0.25, 0.3) is 0 Å². The van der Waals surface area contributed by atoms with E-state index in [0.29, 0.717) is 6.61 Å². The van der Waals surface area contributed by atoms with Gasteiger partial charge in [-0.25, -0.2) is 0 Å². The van der Waals surface area contributed by atoms with Crippen molar-refractivity contribution in [2.45, 2.75) is 25.4 Å². The van der Waals surface area contributed by atoms with Crippen LogP contribution >= 0.6 is 0 Å². The van der Waals surface area contributed by atoms with E-state index in [4.69, 9.17) is 14.6 Å². The van der Waals surface area contributed by atoms with Crippen LogP contribution < -0.4 is 0 Å². The third-order valence-corrected chi connectivity index (χ3v) is 1.67. The predicted octanol–water partition coefficient (Wildman–Crippen LogP) is -0.343. The summed E-state index contributed by atoms with van der Waals surface area (Å²) < 4.78 is 10.3. The van der Waals surface area contributed by atoms with Crippen molar-refractivity contribution in [2.75, 3.05) is 13.2 Å².